The molecule has 20 heavy (non-hydrogen) atoms. The largest absolute Gasteiger partial charge is 0.378 e. The number of nitrogens with two attached hydrogens (primary N) is 1. The van der Waals surface area contributed by atoms with Crippen molar-refractivity contribution in [1.29, 1.82) is 0 Å². The number of hydrogen-bond donors (Lipinski definition) is 1. The van der Waals surface area contributed by atoms with E-state index >= 15 is 0 Å². The Morgan fingerprint density at radius 1 is 1.25 bits per heavy atom. The Morgan fingerprint density at radius 3 is 2.45 bits per heavy atom. The number of aromatic nitrogens is 3. The lowest BCUT2D eigenvalue weighted by molar-refractivity contribution is 0.673. The van der Waals surface area contributed by atoms with Crippen molar-refractivity contribution in [3.63, 3.8) is 0 Å². The number of nitrogens with zero attached hydrogens (tertiary/aromatic N) is 4. The van der Waals surface area contributed by atoms with Crippen molar-refractivity contribution in [3.8, 4) is 0 Å². The molecule has 2 rings (SSSR count). The Morgan fingerprint density at radius 2 is 1.90 bits per heavy atom. The fraction of sp³-hybridized carbons (Fsp3) is 0.308. The minimum absolute atomic E-state index is 0.305. The maximum Gasteiger partial charge on any atom is 0.294 e. The average Bonchev–Trinajstić information content (AvgIpc) is 2.45. The first kappa shape index (κ1) is 14.4. The number of rotatable bonds is 4. The molecule has 0 fully saturated rings. The lowest BCUT2D eigenvalue weighted by Crippen LogP contribution is -2.33. The summed E-state index contributed by atoms with van der Waals surface area (Å²) in [4.78, 5) is 14.1. The minimum atomic E-state index is -0.305. The van der Waals surface area contributed by atoms with Gasteiger partial charge in [-0.25, -0.2) is 0 Å². The highest BCUT2D eigenvalue weighted by molar-refractivity contribution is 7.98. The lowest BCUT2D eigenvalue weighted by Gasteiger charge is -2.12. The van der Waals surface area contributed by atoms with Crippen LogP contribution in [0, 0.1) is 0 Å². The summed E-state index contributed by atoms with van der Waals surface area (Å²) in [6.07, 6.45) is 2.22. The molecule has 2 aromatic rings. The van der Waals surface area contributed by atoms with Crippen LogP contribution in [-0.4, -0.2) is 35.2 Å². The predicted octanol–water partition coefficient (Wildman–Crippen LogP) is 0.731. The Hall–Kier alpha value is -2.02. The molecule has 0 radical (unpaired) electrons. The Balaban J connectivity index is 2.26. The molecule has 0 aliphatic carbocycles. The molecule has 0 aliphatic rings. The summed E-state index contributed by atoms with van der Waals surface area (Å²) in [5, 5.41) is 8.31. The van der Waals surface area contributed by atoms with Gasteiger partial charge >= 0.3 is 0 Å². The van der Waals surface area contributed by atoms with E-state index in [9.17, 15) is 4.79 Å². The first-order chi connectivity index (χ1) is 9.52. The number of benzene rings is 1. The fourth-order valence-corrected chi connectivity index (χ4v) is 2.18. The van der Waals surface area contributed by atoms with Crippen LogP contribution in [0.2, 0.25) is 0 Å². The highest BCUT2D eigenvalue weighted by atomic mass is 32.2. The highest BCUT2D eigenvalue weighted by Crippen LogP contribution is 2.14. The standard InChI is InChI=1S/C13H17N5OS/c1-17(2)10-6-4-9(5-7-10)8-11-12(19)18(14)13(20-3)16-15-11/h4-7H,8,14H2,1-3H3. The first-order valence-corrected chi connectivity index (χ1v) is 7.29. The molecule has 7 heteroatoms. The lowest BCUT2D eigenvalue weighted by atomic mass is 10.1. The van der Waals surface area contributed by atoms with E-state index in [0.29, 0.717) is 17.3 Å². The fourth-order valence-electron chi connectivity index (χ4n) is 1.78. The van der Waals surface area contributed by atoms with Crippen LogP contribution in [-0.2, 0) is 6.42 Å². The average molecular weight is 291 g/mol. The Labute approximate surface area is 121 Å². The van der Waals surface area contributed by atoms with Crippen molar-refractivity contribution in [2.75, 3.05) is 31.1 Å². The van der Waals surface area contributed by atoms with Gasteiger partial charge in [0.2, 0.25) is 5.16 Å². The number of nitrogen functional groups attached to an aromatic ring is 1. The normalized spacial score (nSPS) is 10.6. The molecule has 1 heterocycles. The molecule has 0 saturated carbocycles. The van der Waals surface area contributed by atoms with Crippen molar-refractivity contribution in [3.05, 3.63) is 45.9 Å². The van der Waals surface area contributed by atoms with Gasteiger partial charge in [-0.15, -0.1) is 10.2 Å². The molecule has 0 amide bonds. The summed E-state index contributed by atoms with van der Waals surface area (Å²) < 4.78 is 1.04. The van der Waals surface area contributed by atoms with Gasteiger partial charge in [0.05, 0.1) is 0 Å². The second-order valence-corrected chi connectivity index (χ2v) is 5.32. The molecular weight excluding hydrogens is 274 g/mol. The molecule has 6 nitrogen and oxygen atoms in total. The van der Waals surface area contributed by atoms with Crippen LogP contribution in [0.15, 0.2) is 34.2 Å². The minimum Gasteiger partial charge on any atom is -0.378 e. The third-order valence-corrected chi connectivity index (χ3v) is 3.58. The Bertz CT molecular complexity index is 651. The van der Waals surface area contributed by atoms with Gasteiger partial charge in [-0.1, -0.05) is 23.9 Å². The zero-order chi connectivity index (χ0) is 14.7. The van der Waals surface area contributed by atoms with Gasteiger partial charge in [0.25, 0.3) is 5.56 Å². The predicted molar refractivity (Wildman–Crippen MR) is 81.8 cm³/mol. The van der Waals surface area contributed by atoms with Gasteiger partial charge in [-0.2, -0.15) is 4.68 Å². The maximum atomic E-state index is 12.0. The van der Waals surface area contributed by atoms with Crippen LogP contribution < -0.4 is 16.3 Å². The summed E-state index contributed by atoms with van der Waals surface area (Å²) >= 11 is 1.29. The summed E-state index contributed by atoms with van der Waals surface area (Å²) in [5.74, 6) is 5.69. The van der Waals surface area contributed by atoms with Gasteiger partial charge in [0.1, 0.15) is 5.69 Å². The molecule has 106 valence electrons. The molecule has 0 bridgehead atoms. The van der Waals surface area contributed by atoms with Crippen LogP contribution in [0.25, 0.3) is 0 Å². The zero-order valence-electron chi connectivity index (χ0n) is 11.7. The third kappa shape index (κ3) is 2.93. The smallest absolute Gasteiger partial charge is 0.294 e. The van der Waals surface area contributed by atoms with Gasteiger partial charge in [-0.3, -0.25) is 4.79 Å². The number of thioether (sulfide) groups is 1. The second-order valence-electron chi connectivity index (χ2n) is 4.55. The quantitative estimate of drug-likeness (QED) is 0.661. The monoisotopic (exact) mass is 291 g/mol. The van der Waals surface area contributed by atoms with E-state index < -0.39 is 0 Å². The summed E-state index contributed by atoms with van der Waals surface area (Å²) in [5.41, 5.74) is 2.15. The first-order valence-electron chi connectivity index (χ1n) is 6.07. The van der Waals surface area contributed by atoms with Gasteiger partial charge in [0.15, 0.2) is 0 Å². The number of hydrogen-bond acceptors (Lipinski definition) is 6. The van der Waals surface area contributed by atoms with E-state index in [2.05, 4.69) is 10.2 Å². The Kier molecular flexibility index (Phi) is 4.29. The molecule has 1 aromatic carbocycles. The topological polar surface area (TPSA) is 77.0 Å². The molecule has 0 aliphatic heterocycles. The molecule has 0 unspecified atom stereocenters. The van der Waals surface area contributed by atoms with Crippen LogP contribution >= 0.6 is 11.8 Å². The number of anilines is 1. The van der Waals surface area contributed by atoms with E-state index in [1.807, 2.05) is 43.3 Å². The van der Waals surface area contributed by atoms with E-state index in [0.717, 1.165) is 15.9 Å². The molecule has 0 spiro atoms. The van der Waals surface area contributed by atoms with Crippen LogP contribution in [0.3, 0.4) is 0 Å². The van der Waals surface area contributed by atoms with E-state index in [1.54, 1.807) is 6.26 Å². The van der Waals surface area contributed by atoms with Crippen LogP contribution in [0.5, 0.6) is 0 Å². The SMILES string of the molecule is CSc1nnc(Cc2ccc(N(C)C)cc2)c(=O)n1N. The van der Waals surface area contributed by atoms with Crippen molar-refractivity contribution in [2.45, 2.75) is 11.6 Å². The van der Waals surface area contributed by atoms with Crippen molar-refractivity contribution >= 4 is 17.4 Å². The van der Waals surface area contributed by atoms with Gasteiger partial charge < -0.3 is 10.7 Å². The molecule has 0 saturated heterocycles. The summed E-state index contributed by atoms with van der Waals surface area (Å²) in [6.45, 7) is 0. The van der Waals surface area contributed by atoms with Crippen LogP contribution in [0.4, 0.5) is 5.69 Å². The van der Waals surface area contributed by atoms with Crippen molar-refractivity contribution < 1.29 is 0 Å². The summed E-state index contributed by atoms with van der Waals surface area (Å²) in [6, 6.07) is 7.94. The third-order valence-electron chi connectivity index (χ3n) is 2.93. The highest BCUT2D eigenvalue weighted by Gasteiger charge is 2.10. The van der Waals surface area contributed by atoms with Crippen molar-refractivity contribution in [2.24, 2.45) is 0 Å². The second kappa shape index (κ2) is 5.96. The van der Waals surface area contributed by atoms with Gasteiger partial charge in [0, 0.05) is 26.2 Å². The summed E-state index contributed by atoms with van der Waals surface area (Å²) in [7, 11) is 3.96. The van der Waals surface area contributed by atoms with E-state index in [1.165, 1.54) is 11.8 Å². The van der Waals surface area contributed by atoms with E-state index in [4.69, 9.17) is 5.84 Å². The zero-order valence-corrected chi connectivity index (χ0v) is 12.5. The molecular formula is C13H17N5OS. The van der Waals surface area contributed by atoms with Crippen molar-refractivity contribution in [1.82, 2.24) is 14.9 Å². The van der Waals surface area contributed by atoms with Crippen LogP contribution in [0.1, 0.15) is 11.3 Å². The van der Waals surface area contributed by atoms with E-state index in [-0.39, 0.29) is 5.56 Å². The van der Waals surface area contributed by atoms with Gasteiger partial charge in [-0.05, 0) is 24.0 Å². The molecule has 0 atom stereocenters. The molecule has 2 N–H and O–H groups in total. The maximum absolute atomic E-state index is 12.0. The molecule has 1 aromatic heterocycles.